The van der Waals surface area contributed by atoms with E-state index in [1.54, 1.807) is 49.4 Å². The Morgan fingerprint density at radius 1 is 1.03 bits per heavy atom. The molecule has 7 nitrogen and oxygen atoms in total. The number of benzene rings is 3. The molecule has 34 heavy (non-hydrogen) atoms. The molecule has 8 heteroatoms. The summed E-state index contributed by atoms with van der Waals surface area (Å²) in [5.74, 6) is -1.51. The molecular weight excluding hydrogens is 437 g/mol. The fourth-order valence-electron chi connectivity index (χ4n) is 3.68. The number of nitrogens with one attached hydrogen (secondary N) is 2. The Hall–Kier alpha value is -4.72. The number of phenols is 1. The first-order valence-corrected chi connectivity index (χ1v) is 10.4. The van der Waals surface area contributed by atoms with Gasteiger partial charge in [0, 0.05) is 16.5 Å². The van der Waals surface area contributed by atoms with Gasteiger partial charge < -0.3 is 14.8 Å². The number of hydrogen-bond acceptors (Lipinski definition) is 5. The monoisotopic (exact) mass is 455 g/mol. The van der Waals surface area contributed by atoms with Crippen molar-refractivity contribution in [2.45, 2.75) is 6.92 Å². The standard InChI is InChI=1S/C26H18FN3O4/c1-14-5-4-7-17(23(14)31)19-13-20(30-29-19)26(33)28-22-18-6-2-3-8-21(18)34-25(22)24(32)15-9-11-16(27)12-10-15/h2-13,31H,1H3,(H,28,33)(H,29,30). The van der Waals surface area contributed by atoms with E-state index in [0.29, 0.717) is 27.8 Å². The highest BCUT2D eigenvalue weighted by atomic mass is 19.1. The van der Waals surface area contributed by atoms with E-state index < -0.39 is 17.5 Å². The van der Waals surface area contributed by atoms with Gasteiger partial charge in [-0.15, -0.1) is 0 Å². The number of aromatic hydroxyl groups is 1. The van der Waals surface area contributed by atoms with Gasteiger partial charge >= 0.3 is 0 Å². The number of carbonyl (C=O) groups is 2. The van der Waals surface area contributed by atoms with Crippen molar-refractivity contribution >= 4 is 28.3 Å². The van der Waals surface area contributed by atoms with Crippen molar-refractivity contribution in [3.05, 3.63) is 101 Å². The summed E-state index contributed by atoms with van der Waals surface area (Å²) in [7, 11) is 0. The van der Waals surface area contributed by atoms with E-state index >= 15 is 0 Å². The number of aromatic nitrogens is 2. The van der Waals surface area contributed by atoms with Crippen LogP contribution in [0.15, 0.2) is 77.2 Å². The lowest BCUT2D eigenvalue weighted by Crippen LogP contribution is -2.14. The van der Waals surface area contributed by atoms with E-state index in [0.717, 1.165) is 0 Å². The Morgan fingerprint density at radius 2 is 1.79 bits per heavy atom. The van der Waals surface area contributed by atoms with Crippen LogP contribution in [-0.4, -0.2) is 27.0 Å². The SMILES string of the molecule is Cc1cccc(-c2cc(C(=O)Nc3c(C(=O)c4ccc(F)cc4)oc4ccccc34)[nH]n2)c1O. The van der Waals surface area contributed by atoms with Crippen LogP contribution in [0.1, 0.15) is 32.2 Å². The number of para-hydroxylation sites is 2. The second kappa shape index (κ2) is 8.32. The van der Waals surface area contributed by atoms with Gasteiger partial charge in [0.2, 0.25) is 5.78 Å². The number of fused-ring (bicyclic) bond motifs is 1. The van der Waals surface area contributed by atoms with Crippen molar-refractivity contribution < 1.29 is 23.5 Å². The molecule has 2 heterocycles. The number of anilines is 1. The zero-order chi connectivity index (χ0) is 23.8. The Balaban J connectivity index is 1.50. The molecule has 0 saturated heterocycles. The summed E-state index contributed by atoms with van der Waals surface area (Å²) < 4.78 is 19.1. The third kappa shape index (κ3) is 3.71. The fraction of sp³-hybridized carbons (Fsp3) is 0.0385. The van der Waals surface area contributed by atoms with Gasteiger partial charge in [-0.1, -0.05) is 24.3 Å². The summed E-state index contributed by atoms with van der Waals surface area (Å²) >= 11 is 0. The van der Waals surface area contributed by atoms with Gasteiger partial charge in [0.25, 0.3) is 5.91 Å². The van der Waals surface area contributed by atoms with Crippen LogP contribution in [0.3, 0.4) is 0 Å². The number of hydrogen-bond donors (Lipinski definition) is 3. The number of halogens is 1. The first-order chi connectivity index (χ1) is 16.4. The average Bonchev–Trinajstić information content (AvgIpc) is 3.47. The second-order valence-corrected chi connectivity index (χ2v) is 7.73. The first-order valence-electron chi connectivity index (χ1n) is 10.4. The van der Waals surface area contributed by atoms with E-state index in [1.165, 1.54) is 30.3 Å². The molecule has 3 aromatic carbocycles. The van der Waals surface area contributed by atoms with Gasteiger partial charge in [-0.2, -0.15) is 5.10 Å². The molecule has 1 amide bonds. The van der Waals surface area contributed by atoms with Gasteiger partial charge in [-0.05, 0) is 61.0 Å². The zero-order valence-electron chi connectivity index (χ0n) is 17.9. The number of phenolic OH excluding ortho intramolecular Hbond substituents is 1. The van der Waals surface area contributed by atoms with Crippen molar-refractivity contribution in [2.75, 3.05) is 5.32 Å². The minimum Gasteiger partial charge on any atom is -0.507 e. The molecule has 0 bridgehead atoms. The molecule has 2 aromatic heterocycles. The third-order valence-corrected chi connectivity index (χ3v) is 5.48. The Bertz CT molecular complexity index is 1550. The van der Waals surface area contributed by atoms with Crippen molar-refractivity contribution in [1.82, 2.24) is 10.2 Å². The number of H-pyrrole nitrogens is 1. The van der Waals surface area contributed by atoms with Crippen LogP contribution < -0.4 is 5.32 Å². The molecule has 0 saturated carbocycles. The minimum atomic E-state index is -0.550. The van der Waals surface area contributed by atoms with E-state index in [1.807, 2.05) is 0 Å². The number of amides is 1. The summed E-state index contributed by atoms with van der Waals surface area (Å²) in [6, 6.07) is 18.7. The number of aromatic amines is 1. The average molecular weight is 455 g/mol. The smallest absolute Gasteiger partial charge is 0.273 e. The van der Waals surface area contributed by atoms with Gasteiger partial charge in [-0.3, -0.25) is 14.7 Å². The highest BCUT2D eigenvalue weighted by Crippen LogP contribution is 2.34. The van der Waals surface area contributed by atoms with Crippen molar-refractivity contribution in [2.24, 2.45) is 0 Å². The molecule has 0 aliphatic carbocycles. The van der Waals surface area contributed by atoms with Gasteiger partial charge in [0.15, 0.2) is 5.76 Å². The molecule has 0 atom stereocenters. The van der Waals surface area contributed by atoms with E-state index in [2.05, 4.69) is 15.5 Å². The van der Waals surface area contributed by atoms with Crippen LogP contribution >= 0.6 is 0 Å². The van der Waals surface area contributed by atoms with Gasteiger partial charge in [-0.25, -0.2) is 4.39 Å². The number of furan rings is 1. The van der Waals surface area contributed by atoms with Crippen LogP contribution in [0.2, 0.25) is 0 Å². The lowest BCUT2D eigenvalue weighted by molar-refractivity contribution is 0.101. The number of aryl methyl sites for hydroxylation is 1. The lowest BCUT2D eigenvalue weighted by Gasteiger charge is -2.05. The normalized spacial score (nSPS) is 11.0. The molecule has 5 rings (SSSR count). The van der Waals surface area contributed by atoms with Gasteiger partial charge in [0.1, 0.15) is 22.8 Å². The predicted octanol–water partition coefficient (Wildman–Crippen LogP) is 5.46. The number of carbonyl (C=O) groups excluding carboxylic acids is 2. The van der Waals surface area contributed by atoms with Crippen molar-refractivity contribution in [3.63, 3.8) is 0 Å². The molecule has 0 radical (unpaired) electrons. The summed E-state index contributed by atoms with van der Waals surface area (Å²) in [4.78, 5) is 26.2. The molecule has 0 fully saturated rings. The number of ketones is 1. The topological polar surface area (TPSA) is 108 Å². The first kappa shape index (κ1) is 21.1. The van der Waals surface area contributed by atoms with Crippen LogP contribution in [-0.2, 0) is 0 Å². The molecule has 0 aliphatic heterocycles. The quantitative estimate of drug-likeness (QED) is 0.305. The number of nitrogens with zero attached hydrogens (tertiary/aromatic N) is 1. The minimum absolute atomic E-state index is 0.0720. The van der Waals surface area contributed by atoms with Crippen molar-refractivity contribution in [1.29, 1.82) is 0 Å². The van der Waals surface area contributed by atoms with Crippen LogP contribution in [0.4, 0.5) is 10.1 Å². The summed E-state index contributed by atoms with van der Waals surface area (Å²) in [5, 5.41) is 20.4. The second-order valence-electron chi connectivity index (χ2n) is 7.73. The molecule has 0 unspecified atom stereocenters. The fourth-order valence-corrected chi connectivity index (χ4v) is 3.68. The summed E-state index contributed by atoms with van der Waals surface area (Å²) in [5.41, 5.74) is 2.52. The Morgan fingerprint density at radius 3 is 2.59 bits per heavy atom. The molecule has 5 aromatic rings. The molecular formula is C26H18FN3O4. The molecule has 3 N–H and O–H groups in total. The maximum absolute atomic E-state index is 13.3. The highest BCUT2D eigenvalue weighted by Gasteiger charge is 2.24. The van der Waals surface area contributed by atoms with Crippen LogP contribution in [0.25, 0.3) is 22.2 Å². The van der Waals surface area contributed by atoms with E-state index in [9.17, 15) is 19.1 Å². The maximum Gasteiger partial charge on any atom is 0.273 e. The lowest BCUT2D eigenvalue weighted by atomic mass is 10.1. The Labute approximate surface area is 192 Å². The summed E-state index contributed by atoms with van der Waals surface area (Å²) in [6.45, 7) is 1.77. The number of rotatable bonds is 5. The zero-order valence-corrected chi connectivity index (χ0v) is 17.9. The van der Waals surface area contributed by atoms with Crippen LogP contribution in [0, 0.1) is 12.7 Å². The predicted molar refractivity (Wildman–Crippen MR) is 124 cm³/mol. The summed E-state index contributed by atoms with van der Waals surface area (Å²) in [6.07, 6.45) is 0. The van der Waals surface area contributed by atoms with Crippen molar-refractivity contribution in [3.8, 4) is 17.0 Å². The van der Waals surface area contributed by atoms with Gasteiger partial charge in [0.05, 0.1) is 11.4 Å². The third-order valence-electron chi connectivity index (χ3n) is 5.48. The Kier molecular flexibility index (Phi) is 5.18. The maximum atomic E-state index is 13.3. The largest absolute Gasteiger partial charge is 0.507 e. The highest BCUT2D eigenvalue weighted by molar-refractivity contribution is 6.18. The van der Waals surface area contributed by atoms with E-state index in [4.69, 9.17) is 4.42 Å². The van der Waals surface area contributed by atoms with E-state index in [-0.39, 0.29) is 28.5 Å². The van der Waals surface area contributed by atoms with Crippen LogP contribution in [0.5, 0.6) is 5.75 Å². The molecule has 0 spiro atoms. The molecule has 168 valence electrons. The molecule has 0 aliphatic rings.